The largest absolute Gasteiger partial charge is 0.460 e. The van der Waals surface area contributed by atoms with Gasteiger partial charge in [0.2, 0.25) is 15.3 Å². The van der Waals surface area contributed by atoms with Gasteiger partial charge >= 0.3 is 23.3 Å². The van der Waals surface area contributed by atoms with E-state index in [4.69, 9.17) is 10.3 Å². The number of ether oxygens (including phenoxy) is 1. The van der Waals surface area contributed by atoms with Crippen molar-refractivity contribution in [3.8, 4) is 0 Å². The number of nitrogens with zero attached hydrogens (tertiary/aromatic N) is 4. The van der Waals surface area contributed by atoms with E-state index in [9.17, 15) is 18.0 Å². The molecule has 1 fully saturated rings. The fourth-order valence-electron chi connectivity index (χ4n) is 2.15. The van der Waals surface area contributed by atoms with Crippen molar-refractivity contribution >= 4 is 27.7 Å². The summed E-state index contributed by atoms with van der Waals surface area (Å²) in [6.45, 7) is 2.56. The molecular weight excluding hydrogens is 330 g/mol. The number of piperazine rings is 1. The number of esters is 1. The maximum atomic E-state index is 12.1. The summed E-state index contributed by atoms with van der Waals surface area (Å²) < 4.78 is 33.7. The van der Waals surface area contributed by atoms with Gasteiger partial charge in [0.25, 0.3) is 0 Å². The minimum atomic E-state index is -3.29. The molecule has 0 unspecified atom stereocenters. The van der Waals surface area contributed by atoms with Gasteiger partial charge in [0.05, 0.1) is 30.7 Å². The van der Waals surface area contributed by atoms with Crippen LogP contribution in [0.4, 0.5) is 5.88 Å². The highest BCUT2D eigenvalue weighted by Crippen LogP contribution is 2.09. The zero-order chi connectivity index (χ0) is 17.2. The van der Waals surface area contributed by atoms with E-state index in [0.29, 0.717) is 0 Å². The first-order valence-electron chi connectivity index (χ1n) is 6.85. The molecule has 0 aliphatic carbocycles. The number of hydrogen-bond donors (Lipinski definition) is 1. The molecule has 23 heavy (non-hydrogen) atoms. The molecule has 2 N–H and O–H groups in total. The van der Waals surface area contributed by atoms with Gasteiger partial charge in [-0.15, -0.1) is 5.01 Å². The first-order chi connectivity index (χ1) is 10.8. The first-order valence-corrected chi connectivity index (χ1v) is 8.69. The normalized spacial score (nSPS) is 16.3. The van der Waals surface area contributed by atoms with Crippen LogP contribution in [0.2, 0.25) is 0 Å². The average Bonchev–Trinajstić information content (AvgIpc) is 2.87. The van der Waals surface area contributed by atoms with Crippen molar-refractivity contribution in [2.75, 3.05) is 49.8 Å². The van der Waals surface area contributed by atoms with E-state index < -0.39 is 21.8 Å². The Kier molecular flexibility index (Phi) is 4.85. The van der Waals surface area contributed by atoms with Gasteiger partial charge < -0.3 is 10.5 Å². The molecular formula is C11H18N5O6S+. The molecule has 2 heterocycles. The summed E-state index contributed by atoms with van der Waals surface area (Å²) in [4.78, 5) is 24.8. The predicted octanol–water partition coefficient (Wildman–Crippen LogP) is -2.50. The molecule has 0 radical (unpaired) electrons. The molecule has 0 aromatic carbocycles. The molecule has 128 valence electrons. The van der Waals surface area contributed by atoms with Crippen LogP contribution in [-0.4, -0.2) is 68.8 Å². The molecule has 12 heteroatoms. The third-order valence-corrected chi connectivity index (χ3v) is 4.58. The lowest BCUT2D eigenvalue weighted by molar-refractivity contribution is -0.760. The van der Waals surface area contributed by atoms with E-state index in [0.717, 1.165) is 11.0 Å². The second kappa shape index (κ2) is 6.50. The fourth-order valence-corrected chi connectivity index (χ4v) is 2.98. The van der Waals surface area contributed by atoms with Crippen LogP contribution in [0.3, 0.4) is 0 Å². The summed E-state index contributed by atoms with van der Waals surface area (Å²) in [6.07, 6.45) is 1.12. The molecule has 2 rings (SSSR count). The van der Waals surface area contributed by atoms with Crippen LogP contribution >= 0.6 is 0 Å². The Hall–Kier alpha value is -2.21. The molecule has 0 saturated carbocycles. The van der Waals surface area contributed by atoms with E-state index in [2.05, 4.69) is 10.0 Å². The third-order valence-electron chi connectivity index (χ3n) is 3.28. The van der Waals surface area contributed by atoms with Gasteiger partial charge in [-0.3, -0.25) is 9.32 Å². The van der Waals surface area contributed by atoms with Gasteiger partial charge in [0.15, 0.2) is 0 Å². The van der Waals surface area contributed by atoms with Gasteiger partial charge in [-0.2, -0.15) is 4.31 Å². The maximum Gasteiger partial charge on any atom is 0.386 e. The lowest BCUT2D eigenvalue weighted by Gasteiger charge is -2.28. The van der Waals surface area contributed by atoms with Crippen molar-refractivity contribution in [3.05, 3.63) is 5.69 Å². The lowest BCUT2D eigenvalue weighted by Crippen LogP contribution is -2.68. The molecule has 1 aliphatic heterocycles. The maximum absolute atomic E-state index is 12.1. The third kappa shape index (κ3) is 3.59. The molecule has 11 nitrogen and oxygen atoms in total. The van der Waals surface area contributed by atoms with Crippen molar-refractivity contribution in [2.45, 2.75) is 6.92 Å². The zero-order valence-corrected chi connectivity index (χ0v) is 13.6. The molecule has 1 saturated heterocycles. The molecule has 0 atom stereocenters. The van der Waals surface area contributed by atoms with Crippen LogP contribution in [0.25, 0.3) is 0 Å². The van der Waals surface area contributed by atoms with Crippen LogP contribution in [0.1, 0.15) is 17.4 Å². The minimum absolute atomic E-state index is 0.0444. The number of hydrogen-bond acceptors (Lipinski definition) is 9. The van der Waals surface area contributed by atoms with Crippen molar-refractivity contribution in [2.24, 2.45) is 0 Å². The van der Waals surface area contributed by atoms with Crippen LogP contribution in [0.15, 0.2) is 4.52 Å². The van der Waals surface area contributed by atoms with Crippen molar-refractivity contribution < 1.29 is 32.1 Å². The van der Waals surface area contributed by atoms with Gasteiger partial charge in [-0.25, -0.2) is 13.2 Å². The Morgan fingerprint density at radius 3 is 2.48 bits per heavy atom. The van der Waals surface area contributed by atoms with Gasteiger partial charge in [-0.1, -0.05) is 0 Å². The molecule has 1 aromatic rings. The van der Waals surface area contributed by atoms with Crippen molar-refractivity contribution in [1.29, 1.82) is 0 Å². The number of nitrogen functional groups attached to an aromatic ring is 1. The number of aromatic nitrogens is 2. The zero-order valence-electron chi connectivity index (χ0n) is 12.8. The van der Waals surface area contributed by atoms with Gasteiger partial charge in [0.1, 0.15) is 0 Å². The number of carbonyl (C=O) groups is 2. The van der Waals surface area contributed by atoms with E-state index in [1.807, 2.05) is 0 Å². The highest BCUT2D eigenvalue weighted by Gasteiger charge is 2.41. The first kappa shape index (κ1) is 17.1. The second-order valence-corrected chi connectivity index (χ2v) is 6.82. The molecule has 1 aliphatic rings. The highest BCUT2D eigenvalue weighted by atomic mass is 32.2. The topological polar surface area (TPSA) is 140 Å². The second-order valence-electron chi connectivity index (χ2n) is 4.84. The van der Waals surface area contributed by atoms with Crippen LogP contribution in [-0.2, 0) is 19.6 Å². The molecule has 1 aromatic heterocycles. The summed E-state index contributed by atoms with van der Waals surface area (Å²) in [6, 6.07) is 0. The number of nitrogens with two attached hydrogens (primary N) is 1. The van der Waals surface area contributed by atoms with E-state index in [-0.39, 0.29) is 44.4 Å². The minimum Gasteiger partial charge on any atom is -0.460 e. The number of sulfonamides is 1. The Labute approximate surface area is 132 Å². The Balaban J connectivity index is 2.20. The summed E-state index contributed by atoms with van der Waals surface area (Å²) in [5.41, 5.74) is 5.33. The quantitative estimate of drug-likeness (QED) is 0.265. The van der Waals surface area contributed by atoms with E-state index in [1.165, 1.54) is 4.31 Å². The molecule has 0 amide bonds. The lowest BCUT2D eigenvalue weighted by atomic mass is 10.3. The fraction of sp³-hybridized carbons (Fsp3) is 0.636. The smallest absolute Gasteiger partial charge is 0.386 e. The van der Waals surface area contributed by atoms with Gasteiger partial charge in [-0.05, 0) is 6.92 Å². The summed E-state index contributed by atoms with van der Waals surface area (Å²) >= 11 is 0. The SMILES string of the molecule is CCOC(=O)C(=O)c1c(N)on[n+]1N1CCN(S(C)(=O)=O)CC1. The Morgan fingerprint density at radius 2 is 1.96 bits per heavy atom. The molecule has 0 spiro atoms. The summed E-state index contributed by atoms with van der Waals surface area (Å²) in [7, 11) is -3.29. The standard InChI is InChI=1S/C11H17N5O6S/c1-3-21-11(18)9(17)8-10(12)22-13-16(8)14-4-6-15(7-5-14)23(2,19)20/h3-7H2,1-2H3,(H-,12,13,17)/p+1. The number of anilines is 1. The number of rotatable bonds is 5. The number of Topliss-reactive ketones (excluding diaryl/α,β-unsaturated/α-hetero) is 1. The Morgan fingerprint density at radius 1 is 1.35 bits per heavy atom. The summed E-state index contributed by atoms with van der Waals surface area (Å²) in [5, 5.41) is 5.20. The van der Waals surface area contributed by atoms with Crippen LogP contribution in [0.5, 0.6) is 0 Å². The van der Waals surface area contributed by atoms with Crippen molar-refractivity contribution in [1.82, 2.24) is 9.58 Å². The predicted molar refractivity (Wildman–Crippen MR) is 76.4 cm³/mol. The van der Waals surface area contributed by atoms with Gasteiger partial charge in [0, 0.05) is 13.1 Å². The number of carbonyl (C=O) groups excluding carboxylic acids is 2. The van der Waals surface area contributed by atoms with Crippen molar-refractivity contribution in [3.63, 3.8) is 0 Å². The van der Waals surface area contributed by atoms with E-state index in [1.54, 1.807) is 11.9 Å². The average molecular weight is 348 g/mol. The van der Waals surface area contributed by atoms with Crippen LogP contribution < -0.4 is 15.5 Å². The van der Waals surface area contributed by atoms with Crippen LogP contribution in [0, 0.1) is 0 Å². The van der Waals surface area contributed by atoms with E-state index >= 15 is 0 Å². The monoisotopic (exact) mass is 348 g/mol. The summed E-state index contributed by atoms with van der Waals surface area (Å²) in [5.74, 6) is -2.35. The Bertz CT molecular complexity index is 706. The highest BCUT2D eigenvalue weighted by molar-refractivity contribution is 7.88. The molecule has 0 bridgehead atoms. The number of ketones is 1.